The van der Waals surface area contributed by atoms with Gasteiger partial charge in [-0.25, -0.2) is 13.1 Å². The van der Waals surface area contributed by atoms with E-state index in [-0.39, 0.29) is 17.5 Å². The summed E-state index contributed by atoms with van der Waals surface area (Å²) < 4.78 is 23.9. The molecule has 1 saturated heterocycles. The molecule has 0 spiro atoms. The first-order valence-corrected chi connectivity index (χ1v) is 6.96. The van der Waals surface area contributed by atoms with Crippen molar-refractivity contribution in [2.75, 3.05) is 11.5 Å². The third-order valence-electron chi connectivity index (χ3n) is 2.67. The largest absolute Gasteiger partial charge is 0.239 e. The molecule has 0 aliphatic carbocycles. The van der Waals surface area contributed by atoms with Gasteiger partial charge in [0.15, 0.2) is 9.84 Å². The summed E-state index contributed by atoms with van der Waals surface area (Å²) >= 11 is 5.88. The van der Waals surface area contributed by atoms with Crippen LogP contribution in [0.5, 0.6) is 0 Å². The maximum absolute atomic E-state index is 11.1. The van der Waals surface area contributed by atoms with Gasteiger partial charge in [-0.2, -0.15) is 0 Å². The van der Waals surface area contributed by atoms with Crippen LogP contribution in [0.4, 0.5) is 0 Å². The minimum Gasteiger partial charge on any atom is -0.239 e. The molecular formula is C9H8ClN3O2S. The van der Waals surface area contributed by atoms with Gasteiger partial charge in [-0.05, 0) is 18.2 Å². The zero-order valence-electron chi connectivity index (χ0n) is 8.17. The molecule has 1 aliphatic rings. The Bertz CT molecular complexity index is 652. The van der Waals surface area contributed by atoms with Crippen LogP contribution in [0.3, 0.4) is 0 Å². The third-order valence-corrected chi connectivity index (χ3v) is 4.69. The summed E-state index contributed by atoms with van der Waals surface area (Å²) in [6.07, 6.45) is 0. The molecule has 2 aromatic rings. The van der Waals surface area contributed by atoms with E-state index in [1.54, 1.807) is 22.9 Å². The van der Waals surface area contributed by atoms with Gasteiger partial charge in [0.25, 0.3) is 0 Å². The van der Waals surface area contributed by atoms with Gasteiger partial charge in [0, 0.05) is 5.02 Å². The molecule has 0 radical (unpaired) electrons. The number of rotatable bonds is 1. The van der Waals surface area contributed by atoms with Crippen LogP contribution in [0, 0.1) is 0 Å². The molecule has 7 heteroatoms. The highest BCUT2D eigenvalue weighted by atomic mass is 35.5. The topological polar surface area (TPSA) is 64.8 Å². The Hall–Kier alpha value is -1.14. The molecule has 0 saturated carbocycles. The first kappa shape index (κ1) is 10.0. The molecule has 0 N–H and O–H groups in total. The second kappa shape index (κ2) is 3.18. The van der Waals surface area contributed by atoms with Crippen molar-refractivity contribution in [3.8, 4) is 0 Å². The summed E-state index contributed by atoms with van der Waals surface area (Å²) in [6.45, 7) is 0. The Balaban J connectivity index is 2.08. The number of nitrogens with zero attached hydrogens (tertiary/aromatic N) is 3. The van der Waals surface area contributed by atoms with E-state index >= 15 is 0 Å². The molecule has 2 heterocycles. The van der Waals surface area contributed by atoms with Gasteiger partial charge < -0.3 is 0 Å². The predicted molar refractivity (Wildman–Crippen MR) is 60.2 cm³/mol. The lowest BCUT2D eigenvalue weighted by Gasteiger charge is -2.25. The van der Waals surface area contributed by atoms with E-state index in [2.05, 4.69) is 10.3 Å². The lowest BCUT2D eigenvalue weighted by Crippen LogP contribution is -2.38. The SMILES string of the molecule is O=S1(=O)CC(n2nnc3ccc(Cl)cc32)C1. The maximum Gasteiger partial charge on any atom is 0.154 e. The van der Waals surface area contributed by atoms with E-state index in [1.165, 1.54) is 0 Å². The standard InChI is InChI=1S/C9H8ClN3O2S/c10-6-1-2-8-9(3-6)13(12-11-8)7-4-16(14,15)5-7/h1-3,7H,4-5H2. The Morgan fingerprint density at radius 2 is 2.12 bits per heavy atom. The zero-order chi connectivity index (χ0) is 11.3. The Morgan fingerprint density at radius 1 is 1.38 bits per heavy atom. The quantitative estimate of drug-likeness (QED) is 0.766. The highest BCUT2D eigenvalue weighted by molar-refractivity contribution is 7.92. The second-order valence-electron chi connectivity index (χ2n) is 3.90. The van der Waals surface area contributed by atoms with Crippen LogP contribution in [-0.4, -0.2) is 34.9 Å². The summed E-state index contributed by atoms with van der Waals surface area (Å²) in [5.41, 5.74) is 1.51. The van der Waals surface area contributed by atoms with E-state index in [4.69, 9.17) is 11.6 Å². The number of benzene rings is 1. The van der Waals surface area contributed by atoms with Crippen LogP contribution in [0.2, 0.25) is 5.02 Å². The lowest BCUT2D eigenvalue weighted by atomic mass is 10.3. The molecule has 1 aliphatic heterocycles. The van der Waals surface area contributed by atoms with Crippen molar-refractivity contribution in [3.63, 3.8) is 0 Å². The Labute approximate surface area is 96.9 Å². The summed E-state index contributed by atoms with van der Waals surface area (Å²) in [4.78, 5) is 0. The first-order chi connectivity index (χ1) is 7.55. The van der Waals surface area contributed by atoms with Crippen LogP contribution in [0.25, 0.3) is 11.0 Å². The smallest absolute Gasteiger partial charge is 0.154 e. The average Bonchev–Trinajstić information content (AvgIpc) is 2.56. The van der Waals surface area contributed by atoms with Crippen molar-refractivity contribution in [3.05, 3.63) is 23.2 Å². The normalized spacial score (nSPS) is 19.8. The maximum atomic E-state index is 11.1. The van der Waals surface area contributed by atoms with Gasteiger partial charge in [0.2, 0.25) is 0 Å². The molecule has 0 bridgehead atoms. The fourth-order valence-electron chi connectivity index (χ4n) is 1.86. The van der Waals surface area contributed by atoms with Gasteiger partial charge in [-0.15, -0.1) is 5.10 Å². The van der Waals surface area contributed by atoms with E-state index < -0.39 is 9.84 Å². The summed E-state index contributed by atoms with van der Waals surface area (Å²) in [5.74, 6) is 0.274. The summed E-state index contributed by atoms with van der Waals surface area (Å²) in [5, 5.41) is 8.53. The fraction of sp³-hybridized carbons (Fsp3) is 0.333. The van der Waals surface area contributed by atoms with Gasteiger partial charge in [-0.1, -0.05) is 16.8 Å². The molecule has 84 valence electrons. The number of halogens is 1. The molecule has 16 heavy (non-hydrogen) atoms. The van der Waals surface area contributed by atoms with Crippen molar-refractivity contribution in [1.82, 2.24) is 15.0 Å². The first-order valence-electron chi connectivity index (χ1n) is 4.76. The average molecular weight is 258 g/mol. The number of aromatic nitrogens is 3. The van der Waals surface area contributed by atoms with Crippen LogP contribution in [0.15, 0.2) is 18.2 Å². The number of hydrogen-bond donors (Lipinski definition) is 0. The Morgan fingerprint density at radius 3 is 2.81 bits per heavy atom. The molecule has 1 aromatic heterocycles. The van der Waals surface area contributed by atoms with E-state index in [0.717, 1.165) is 11.0 Å². The Kier molecular flexibility index (Phi) is 1.99. The van der Waals surface area contributed by atoms with Gasteiger partial charge in [-0.3, -0.25) is 0 Å². The lowest BCUT2D eigenvalue weighted by molar-refractivity contribution is 0.474. The summed E-state index contributed by atoms with van der Waals surface area (Å²) in [6, 6.07) is 5.16. The van der Waals surface area contributed by atoms with Crippen molar-refractivity contribution >= 4 is 32.5 Å². The molecule has 0 amide bonds. The molecule has 0 atom stereocenters. The van der Waals surface area contributed by atoms with E-state index in [0.29, 0.717) is 5.02 Å². The predicted octanol–water partition coefficient (Wildman–Crippen LogP) is 1.05. The molecule has 5 nitrogen and oxygen atoms in total. The molecule has 1 aromatic carbocycles. The minimum atomic E-state index is -2.86. The van der Waals surface area contributed by atoms with Crippen LogP contribution >= 0.6 is 11.6 Å². The minimum absolute atomic E-state index is 0.103. The number of sulfone groups is 1. The van der Waals surface area contributed by atoms with Gasteiger partial charge >= 0.3 is 0 Å². The fourth-order valence-corrected chi connectivity index (χ4v) is 3.38. The summed E-state index contributed by atoms with van der Waals surface area (Å²) in [7, 11) is -2.86. The molecule has 0 unspecified atom stereocenters. The van der Waals surface area contributed by atoms with Crippen LogP contribution in [-0.2, 0) is 9.84 Å². The van der Waals surface area contributed by atoms with Crippen molar-refractivity contribution in [2.24, 2.45) is 0 Å². The molecule has 3 rings (SSSR count). The second-order valence-corrected chi connectivity index (χ2v) is 6.49. The number of hydrogen-bond acceptors (Lipinski definition) is 4. The molecular weight excluding hydrogens is 250 g/mol. The van der Waals surface area contributed by atoms with Crippen molar-refractivity contribution in [1.29, 1.82) is 0 Å². The zero-order valence-corrected chi connectivity index (χ0v) is 9.74. The van der Waals surface area contributed by atoms with E-state index in [9.17, 15) is 8.42 Å². The number of fused-ring (bicyclic) bond motifs is 1. The van der Waals surface area contributed by atoms with Crippen LogP contribution < -0.4 is 0 Å². The third kappa shape index (κ3) is 1.49. The van der Waals surface area contributed by atoms with Crippen molar-refractivity contribution in [2.45, 2.75) is 6.04 Å². The highest BCUT2D eigenvalue weighted by Crippen LogP contribution is 2.27. The van der Waals surface area contributed by atoms with Gasteiger partial charge in [0.05, 0.1) is 23.1 Å². The van der Waals surface area contributed by atoms with Crippen molar-refractivity contribution < 1.29 is 8.42 Å². The molecule has 1 fully saturated rings. The highest BCUT2D eigenvalue weighted by Gasteiger charge is 2.36. The van der Waals surface area contributed by atoms with E-state index in [1.807, 2.05) is 0 Å². The van der Waals surface area contributed by atoms with Gasteiger partial charge in [0.1, 0.15) is 5.52 Å². The van der Waals surface area contributed by atoms with Crippen LogP contribution in [0.1, 0.15) is 6.04 Å². The monoisotopic (exact) mass is 257 g/mol.